The molecule has 0 N–H and O–H groups in total. The molecule has 0 bridgehead atoms. The molecule has 3 heteroatoms. The Labute approximate surface area is 249 Å². The predicted molar refractivity (Wildman–Crippen MR) is 165 cm³/mol. The minimum absolute atomic E-state index is 0.0639. The van der Waals surface area contributed by atoms with Crippen LogP contribution in [0.5, 0.6) is 0 Å². The summed E-state index contributed by atoms with van der Waals surface area (Å²) < 4.78 is 0.209. The zero-order valence-corrected chi connectivity index (χ0v) is 27.9. The van der Waals surface area contributed by atoms with Crippen LogP contribution in [0.3, 0.4) is 0 Å². The Hall–Kier alpha value is -1.66. The van der Waals surface area contributed by atoms with Crippen LogP contribution in [0.2, 0.25) is 0 Å². The van der Waals surface area contributed by atoms with Crippen molar-refractivity contribution in [2.45, 2.75) is 75.3 Å². The van der Waals surface area contributed by atoms with Crippen LogP contribution in [0.25, 0.3) is 22.3 Å². The van der Waals surface area contributed by atoms with E-state index in [1.54, 1.807) is 0 Å². The summed E-state index contributed by atoms with van der Waals surface area (Å²) in [7, 11) is 14.2. The van der Waals surface area contributed by atoms with Crippen molar-refractivity contribution >= 4 is 17.0 Å². The molecule has 0 radical (unpaired) electrons. The monoisotopic (exact) mass is 629 g/mol. The van der Waals surface area contributed by atoms with E-state index in [2.05, 4.69) is 114 Å². The second-order valence-corrected chi connectivity index (χ2v) is 22.5. The van der Waals surface area contributed by atoms with Gasteiger partial charge in [0, 0.05) is 0 Å². The van der Waals surface area contributed by atoms with Crippen LogP contribution < -0.4 is 0 Å². The van der Waals surface area contributed by atoms with E-state index in [1.165, 1.54) is 66.8 Å². The number of hydrogen-bond acceptors (Lipinski definition) is 0. The number of fused-ring (bicyclic) bond motifs is 6. The predicted octanol–water partition coefficient (Wildman–Crippen LogP) is 10.6. The van der Waals surface area contributed by atoms with Gasteiger partial charge < -0.3 is 0 Å². The van der Waals surface area contributed by atoms with E-state index in [-0.39, 0.29) is 14.5 Å². The summed E-state index contributed by atoms with van der Waals surface area (Å²) in [5.74, 6) is 0. The van der Waals surface area contributed by atoms with E-state index in [0.717, 1.165) is 19.3 Å². The van der Waals surface area contributed by atoms with Crippen LogP contribution in [-0.2, 0) is 49.5 Å². The number of rotatable bonds is 4. The van der Waals surface area contributed by atoms with E-state index in [0.29, 0.717) is 0 Å². The van der Waals surface area contributed by atoms with Crippen LogP contribution in [-0.4, -0.2) is 0 Å². The van der Waals surface area contributed by atoms with Crippen LogP contribution >= 0.6 is 17.0 Å². The standard InChI is InChI=1S/C36H37.2ClH.Zr/c1-35(2,3)31-19-17-23(29-21-25-11-7-9-13-27(25)33(29)31)15-16-24-18-20-32(36(4,5)6)34-28-14-10-8-12-26(28)22-30(24)34;;;/h7-15,17-20H,16,21-22H2,1-6H3;2*1H;/q;;;+2/p-2. The van der Waals surface area contributed by atoms with E-state index >= 15 is 0 Å². The van der Waals surface area contributed by atoms with Gasteiger partial charge in [0.05, 0.1) is 0 Å². The van der Waals surface area contributed by atoms with Gasteiger partial charge in [-0.2, -0.15) is 0 Å². The molecular weight excluding hydrogens is 595 g/mol. The molecule has 1 atom stereocenters. The molecule has 1 unspecified atom stereocenters. The Kier molecular flexibility index (Phi) is 7.06. The van der Waals surface area contributed by atoms with Crippen molar-refractivity contribution in [1.29, 1.82) is 0 Å². The molecule has 0 fully saturated rings. The summed E-state index contributed by atoms with van der Waals surface area (Å²) in [4.78, 5) is 0. The van der Waals surface area contributed by atoms with Crippen molar-refractivity contribution in [2.75, 3.05) is 0 Å². The molecule has 4 aromatic carbocycles. The molecule has 4 aromatic rings. The summed E-state index contributed by atoms with van der Waals surface area (Å²) in [5, 5.41) is 0. The van der Waals surface area contributed by atoms with Gasteiger partial charge in [0.15, 0.2) is 0 Å². The number of benzene rings is 4. The van der Waals surface area contributed by atoms with Crippen LogP contribution in [0.1, 0.15) is 89.7 Å². The first-order valence-corrected chi connectivity index (χ1v) is 21.9. The van der Waals surface area contributed by atoms with Gasteiger partial charge in [-0.05, 0) is 0 Å². The fourth-order valence-electron chi connectivity index (χ4n) is 6.87. The van der Waals surface area contributed by atoms with E-state index < -0.39 is 19.4 Å². The van der Waals surface area contributed by atoms with Gasteiger partial charge in [0.25, 0.3) is 0 Å². The molecule has 39 heavy (non-hydrogen) atoms. The van der Waals surface area contributed by atoms with Crippen molar-refractivity contribution < 1.29 is 19.4 Å². The Morgan fingerprint density at radius 1 is 0.641 bits per heavy atom. The molecule has 0 aliphatic heterocycles. The third-order valence-electron chi connectivity index (χ3n) is 8.75. The van der Waals surface area contributed by atoms with Crippen LogP contribution in [0.4, 0.5) is 0 Å². The van der Waals surface area contributed by atoms with Crippen LogP contribution in [0.15, 0.2) is 72.8 Å². The topological polar surface area (TPSA) is 0 Å². The zero-order chi connectivity index (χ0) is 27.7. The number of hydrogen-bond donors (Lipinski definition) is 0. The quantitative estimate of drug-likeness (QED) is 0.182. The molecule has 0 saturated carbocycles. The molecule has 0 saturated heterocycles. The van der Waals surface area contributed by atoms with Gasteiger partial charge >= 0.3 is 251 Å². The Balaban J connectivity index is 1.49. The Bertz CT molecular complexity index is 1580. The molecule has 199 valence electrons. The molecule has 6 rings (SSSR count). The van der Waals surface area contributed by atoms with Crippen molar-refractivity contribution in [1.82, 2.24) is 0 Å². The van der Waals surface area contributed by atoms with Gasteiger partial charge in [0.1, 0.15) is 0 Å². The first kappa shape index (κ1) is 27.5. The minimum atomic E-state index is -2.73. The maximum atomic E-state index is 7.08. The van der Waals surface area contributed by atoms with Crippen molar-refractivity contribution in [3.05, 3.63) is 117 Å². The summed E-state index contributed by atoms with van der Waals surface area (Å²) in [6, 6.07) is 27.4. The van der Waals surface area contributed by atoms with Gasteiger partial charge in [-0.25, -0.2) is 0 Å². The molecule has 2 aliphatic rings. The van der Waals surface area contributed by atoms with Crippen molar-refractivity contribution in [3.8, 4) is 22.3 Å². The van der Waals surface area contributed by atoms with Crippen LogP contribution in [0, 0.1) is 0 Å². The fraction of sp³-hybridized carbons (Fsp3) is 0.333. The summed E-state index contributed by atoms with van der Waals surface area (Å²) in [5.41, 5.74) is 17.3. The van der Waals surface area contributed by atoms with Gasteiger partial charge in [-0.3, -0.25) is 0 Å². The van der Waals surface area contributed by atoms with Gasteiger partial charge in [0.2, 0.25) is 0 Å². The average molecular weight is 632 g/mol. The fourth-order valence-corrected chi connectivity index (χ4v) is 11.3. The van der Waals surface area contributed by atoms with Crippen molar-refractivity contribution in [2.24, 2.45) is 0 Å². The first-order chi connectivity index (χ1) is 18.4. The Morgan fingerprint density at radius 3 is 1.67 bits per heavy atom. The third kappa shape index (κ3) is 4.82. The second-order valence-electron chi connectivity index (χ2n) is 13.4. The number of halogens is 2. The average Bonchev–Trinajstić information content (AvgIpc) is 3.45. The second kappa shape index (κ2) is 10.0. The van der Waals surface area contributed by atoms with Crippen molar-refractivity contribution in [3.63, 3.8) is 0 Å². The zero-order valence-electron chi connectivity index (χ0n) is 23.9. The molecule has 2 aliphatic carbocycles. The molecule has 0 spiro atoms. The molecule has 0 heterocycles. The summed E-state index contributed by atoms with van der Waals surface area (Å²) in [6.07, 6.45) is 2.88. The van der Waals surface area contributed by atoms with E-state index in [4.69, 9.17) is 17.0 Å². The summed E-state index contributed by atoms with van der Waals surface area (Å²) in [6.45, 7) is 13.9. The first-order valence-electron chi connectivity index (χ1n) is 14.1. The van der Waals surface area contributed by atoms with E-state index in [9.17, 15) is 0 Å². The molecule has 0 aromatic heterocycles. The SMILES string of the molecule is CC(C)(C)c1ccc(C[CH](c2ccc(C(C)(C)C)c3c2Cc2ccccc2-3)[Zr]([Cl])[Cl])c2c1-c1ccccc1C2. The van der Waals surface area contributed by atoms with Gasteiger partial charge in [-0.1, -0.05) is 0 Å². The molecule has 0 nitrogen and oxygen atoms in total. The summed E-state index contributed by atoms with van der Waals surface area (Å²) >= 11 is -2.73. The Morgan fingerprint density at radius 2 is 1.13 bits per heavy atom. The molecular formula is C36H37Cl2Zr. The maximum absolute atomic E-state index is 7.08. The third-order valence-corrected chi connectivity index (χ3v) is 14.4. The molecule has 0 amide bonds. The van der Waals surface area contributed by atoms with Gasteiger partial charge in [-0.15, -0.1) is 0 Å². The normalized spacial score (nSPS) is 14.5. The van der Waals surface area contributed by atoms with E-state index in [1.807, 2.05) is 0 Å².